The number of allylic oxidation sites excluding steroid dienone is 2. The predicted octanol–water partition coefficient (Wildman–Crippen LogP) is 3.16. The Morgan fingerprint density at radius 3 is 2.63 bits per heavy atom. The fourth-order valence-electron chi connectivity index (χ4n) is 5.78. The number of carbonyl (C=O) groups excluding carboxylic acids is 3. The number of benzene rings is 1. The number of hydrogen-bond acceptors (Lipinski definition) is 5. The number of hydrazine groups is 1. The van der Waals surface area contributed by atoms with Crippen LogP contribution in [0.15, 0.2) is 66.9 Å². The molecule has 0 spiro atoms. The Hall–Kier alpha value is -3.72. The molecule has 1 N–H and O–H groups in total. The van der Waals surface area contributed by atoms with Crippen molar-refractivity contribution in [2.45, 2.75) is 57.9 Å². The van der Waals surface area contributed by atoms with Crippen molar-refractivity contribution < 1.29 is 14.4 Å². The maximum absolute atomic E-state index is 13.9. The van der Waals surface area contributed by atoms with Gasteiger partial charge in [0.2, 0.25) is 11.8 Å². The summed E-state index contributed by atoms with van der Waals surface area (Å²) in [6.07, 6.45) is 8.84. The zero-order valence-corrected chi connectivity index (χ0v) is 21.9. The Kier molecular flexibility index (Phi) is 8.03. The minimum atomic E-state index is -0.546. The number of carbonyl (C=O) groups is 3. The molecule has 3 atom stereocenters. The van der Waals surface area contributed by atoms with Gasteiger partial charge in [-0.15, -0.1) is 0 Å². The molecule has 3 heterocycles. The molecule has 1 aromatic carbocycles. The van der Waals surface area contributed by atoms with E-state index in [2.05, 4.69) is 22.5 Å². The van der Waals surface area contributed by atoms with E-state index >= 15 is 0 Å². The second kappa shape index (κ2) is 11.8. The van der Waals surface area contributed by atoms with Gasteiger partial charge in [-0.25, -0.2) is 4.79 Å². The highest BCUT2D eigenvalue weighted by Gasteiger charge is 2.54. The minimum Gasteiger partial charge on any atom is -0.333 e. The summed E-state index contributed by atoms with van der Waals surface area (Å²) in [7, 11) is 0. The van der Waals surface area contributed by atoms with E-state index in [0.29, 0.717) is 26.2 Å². The van der Waals surface area contributed by atoms with Gasteiger partial charge in [-0.2, -0.15) is 5.01 Å². The zero-order chi connectivity index (χ0) is 26.5. The molecule has 0 saturated carbocycles. The summed E-state index contributed by atoms with van der Waals surface area (Å²) in [4.78, 5) is 48.9. The monoisotopic (exact) mass is 516 g/mol. The molecule has 9 nitrogen and oxygen atoms in total. The van der Waals surface area contributed by atoms with E-state index in [1.54, 1.807) is 16.1 Å². The predicted molar refractivity (Wildman–Crippen MR) is 143 cm³/mol. The van der Waals surface area contributed by atoms with Crippen molar-refractivity contribution in [1.82, 2.24) is 30.1 Å². The lowest BCUT2D eigenvalue weighted by Gasteiger charge is -2.48. The molecule has 2 aromatic rings. The largest absolute Gasteiger partial charge is 0.333 e. The SMILES string of the molecule is CCCN(C(=O)NCc1ccccc1)N1CC(=O)N2C1CN(Cc1ccccn1)C(=O)[C@@H]2C1CC=CCC1. The van der Waals surface area contributed by atoms with E-state index in [9.17, 15) is 14.4 Å². The van der Waals surface area contributed by atoms with E-state index in [0.717, 1.165) is 36.9 Å². The number of amides is 4. The van der Waals surface area contributed by atoms with Gasteiger partial charge in [0.15, 0.2) is 0 Å². The van der Waals surface area contributed by atoms with Crippen molar-refractivity contribution in [2.24, 2.45) is 5.92 Å². The third-order valence-corrected chi connectivity index (χ3v) is 7.60. The molecule has 2 aliphatic heterocycles. The molecule has 2 saturated heterocycles. The van der Waals surface area contributed by atoms with Gasteiger partial charge >= 0.3 is 6.03 Å². The molecule has 2 fully saturated rings. The van der Waals surface area contributed by atoms with Crippen LogP contribution in [0.3, 0.4) is 0 Å². The number of piperazine rings is 1. The van der Waals surface area contributed by atoms with Crippen molar-refractivity contribution in [3.8, 4) is 0 Å². The van der Waals surface area contributed by atoms with E-state index in [1.807, 2.05) is 65.4 Å². The maximum Gasteiger partial charge on any atom is 0.332 e. The van der Waals surface area contributed by atoms with E-state index in [4.69, 9.17) is 0 Å². The average Bonchev–Trinajstić information content (AvgIpc) is 3.27. The van der Waals surface area contributed by atoms with Crippen LogP contribution in [-0.4, -0.2) is 74.5 Å². The van der Waals surface area contributed by atoms with Crippen LogP contribution >= 0.6 is 0 Å². The number of nitrogens with one attached hydrogen (secondary N) is 1. The molecule has 0 radical (unpaired) electrons. The van der Waals surface area contributed by atoms with Crippen molar-refractivity contribution in [3.05, 3.63) is 78.1 Å². The Morgan fingerprint density at radius 2 is 1.92 bits per heavy atom. The fourth-order valence-corrected chi connectivity index (χ4v) is 5.78. The molecule has 3 aliphatic rings. The van der Waals surface area contributed by atoms with Gasteiger partial charge in [-0.05, 0) is 49.3 Å². The summed E-state index contributed by atoms with van der Waals surface area (Å²) in [6, 6.07) is 14.7. The summed E-state index contributed by atoms with van der Waals surface area (Å²) in [6.45, 7) is 3.67. The highest BCUT2D eigenvalue weighted by atomic mass is 16.2. The first-order chi connectivity index (χ1) is 18.6. The molecular weight excluding hydrogens is 480 g/mol. The number of aromatic nitrogens is 1. The van der Waals surface area contributed by atoms with Gasteiger partial charge in [0.25, 0.3) is 0 Å². The summed E-state index contributed by atoms with van der Waals surface area (Å²) >= 11 is 0. The third kappa shape index (κ3) is 5.43. The molecule has 1 aromatic heterocycles. The number of rotatable bonds is 8. The Morgan fingerprint density at radius 1 is 1.11 bits per heavy atom. The van der Waals surface area contributed by atoms with Crippen LogP contribution in [0.2, 0.25) is 0 Å². The highest BCUT2D eigenvalue weighted by molar-refractivity contribution is 5.91. The average molecular weight is 517 g/mol. The smallest absolute Gasteiger partial charge is 0.332 e. The standard InChI is InChI=1S/C29H36N6O3/c1-2-17-33(29(38)31-18-22-11-5-3-6-12-22)34-21-26(36)35-25(34)20-32(19-24-15-9-10-16-30-24)28(37)27(35)23-13-7-4-8-14-23/h3-7,9-12,15-16,23,25,27H,2,8,13-14,17-21H2,1H3,(H,31,38)/t23?,25?,27-/m0/s1. The summed E-state index contributed by atoms with van der Waals surface area (Å²) in [5, 5.41) is 6.56. The van der Waals surface area contributed by atoms with E-state index < -0.39 is 12.2 Å². The maximum atomic E-state index is 13.9. The van der Waals surface area contributed by atoms with Crippen LogP contribution in [0, 0.1) is 5.92 Å². The number of hydrogen-bond donors (Lipinski definition) is 1. The highest BCUT2D eigenvalue weighted by Crippen LogP contribution is 2.35. The van der Waals surface area contributed by atoms with Crippen molar-refractivity contribution >= 4 is 17.8 Å². The molecule has 9 heteroatoms. The van der Waals surface area contributed by atoms with Crippen molar-refractivity contribution in [3.63, 3.8) is 0 Å². The molecule has 200 valence electrons. The molecule has 5 rings (SSSR count). The first kappa shape index (κ1) is 25.9. The Balaban J connectivity index is 1.41. The summed E-state index contributed by atoms with van der Waals surface area (Å²) in [5.41, 5.74) is 1.81. The third-order valence-electron chi connectivity index (χ3n) is 7.60. The topological polar surface area (TPSA) is 89.1 Å². The van der Waals surface area contributed by atoms with E-state index in [1.165, 1.54) is 0 Å². The van der Waals surface area contributed by atoms with Gasteiger partial charge in [0, 0.05) is 19.3 Å². The number of urea groups is 1. The quantitative estimate of drug-likeness (QED) is 0.545. The van der Waals surface area contributed by atoms with Crippen LogP contribution < -0.4 is 5.32 Å². The Bertz CT molecular complexity index is 1160. The molecule has 38 heavy (non-hydrogen) atoms. The van der Waals surface area contributed by atoms with Gasteiger partial charge in [-0.3, -0.25) is 19.6 Å². The Labute approximate surface area is 224 Å². The van der Waals surface area contributed by atoms with Crippen LogP contribution in [0.25, 0.3) is 0 Å². The lowest BCUT2D eigenvalue weighted by molar-refractivity contribution is -0.161. The number of nitrogens with zero attached hydrogens (tertiary/aromatic N) is 5. The lowest BCUT2D eigenvalue weighted by atomic mass is 9.84. The first-order valence-corrected chi connectivity index (χ1v) is 13.6. The molecular formula is C29H36N6O3. The summed E-state index contributed by atoms with van der Waals surface area (Å²) < 4.78 is 0. The second-order valence-electron chi connectivity index (χ2n) is 10.2. The number of pyridine rings is 1. The lowest BCUT2D eigenvalue weighted by Crippen LogP contribution is -2.67. The second-order valence-corrected chi connectivity index (χ2v) is 10.2. The normalized spacial score (nSPS) is 23.4. The molecule has 4 amide bonds. The van der Waals surface area contributed by atoms with E-state index in [-0.39, 0.29) is 30.3 Å². The fraction of sp³-hybridized carbons (Fsp3) is 0.448. The van der Waals surface area contributed by atoms with Gasteiger partial charge in [0.1, 0.15) is 12.2 Å². The van der Waals surface area contributed by atoms with Gasteiger partial charge in [0.05, 0.1) is 25.3 Å². The molecule has 2 unspecified atom stereocenters. The van der Waals surface area contributed by atoms with Gasteiger partial charge in [-0.1, -0.05) is 55.5 Å². The van der Waals surface area contributed by atoms with Crippen LogP contribution in [0.1, 0.15) is 43.9 Å². The van der Waals surface area contributed by atoms with Crippen LogP contribution in [-0.2, 0) is 22.7 Å². The first-order valence-electron chi connectivity index (χ1n) is 13.6. The molecule has 0 bridgehead atoms. The molecule has 1 aliphatic carbocycles. The van der Waals surface area contributed by atoms with Crippen molar-refractivity contribution in [1.29, 1.82) is 0 Å². The summed E-state index contributed by atoms with van der Waals surface area (Å²) in [5.74, 6) is -0.0766. The van der Waals surface area contributed by atoms with Gasteiger partial charge < -0.3 is 15.1 Å². The minimum absolute atomic E-state index is 0.0297. The zero-order valence-electron chi connectivity index (χ0n) is 21.9. The van der Waals surface area contributed by atoms with Crippen molar-refractivity contribution in [2.75, 3.05) is 19.6 Å². The number of fused-ring (bicyclic) bond motifs is 1. The van der Waals surface area contributed by atoms with Crippen LogP contribution in [0.5, 0.6) is 0 Å². The van der Waals surface area contributed by atoms with Crippen LogP contribution in [0.4, 0.5) is 4.79 Å².